The lowest BCUT2D eigenvalue weighted by Gasteiger charge is -2.18. The second-order valence-corrected chi connectivity index (χ2v) is 6.48. The van der Waals surface area contributed by atoms with E-state index in [9.17, 15) is 4.79 Å². The van der Waals surface area contributed by atoms with Crippen LogP contribution in [-0.4, -0.2) is 33.6 Å². The van der Waals surface area contributed by atoms with Gasteiger partial charge < -0.3 is 10.2 Å². The van der Waals surface area contributed by atoms with E-state index in [1.165, 1.54) is 0 Å². The molecule has 0 radical (unpaired) electrons. The number of fused-ring (bicyclic) bond motifs is 1. The molecule has 0 aliphatic carbocycles. The Kier molecular flexibility index (Phi) is 4.06. The number of hydrogen-bond acceptors (Lipinski definition) is 4. The highest BCUT2D eigenvalue weighted by Gasteiger charge is 2.30. The van der Waals surface area contributed by atoms with Gasteiger partial charge in [-0.2, -0.15) is 5.10 Å². The van der Waals surface area contributed by atoms with E-state index in [0.29, 0.717) is 19.5 Å². The fourth-order valence-electron chi connectivity index (χ4n) is 3.36. The minimum atomic E-state index is 0.0524. The zero-order valence-electron chi connectivity index (χ0n) is 14.1. The molecular weight excluding hydrogens is 312 g/mol. The van der Waals surface area contributed by atoms with Gasteiger partial charge in [0.25, 0.3) is 0 Å². The van der Waals surface area contributed by atoms with Crippen molar-refractivity contribution in [1.82, 2.24) is 15.1 Å². The Labute approximate surface area is 146 Å². The van der Waals surface area contributed by atoms with Crippen molar-refractivity contribution >= 4 is 22.5 Å². The van der Waals surface area contributed by atoms with Crippen LogP contribution < -0.4 is 5.32 Å². The Morgan fingerprint density at radius 1 is 1.04 bits per heavy atom. The number of nitrogens with one attached hydrogen (secondary N) is 1. The Morgan fingerprint density at radius 3 is 2.56 bits per heavy atom. The zero-order chi connectivity index (χ0) is 17.2. The number of nitrogens with zero attached hydrogens (tertiary/aromatic N) is 3. The number of benzene rings is 2. The standard InChI is InChI=1S/C20H20N4O/c1-14-17-9-5-6-10-18(17)20(23-22-14)21-16-11-19(25)24(13-16)12-15-7-3-2-4-8-15/h2-10,16H,11-13H2,1H3,(H,21,23). The van der Waals surface area contributed by atoms with Gasteiger partial charge in [0.1, 0.15) is 0 Å². The van der Waals surface area contributed by atoms with E-state index in [1.54, 1.807) is 0 Å². The van der Waals surface area contributed by atoms with Gasteiger partial charge in [0.15, 0.2) is 5.82 Å². The topological polar surface area (TPSA) is 58.1 Å². The molecule has 2 aromatic carbocycles. The van der Waals surface area contributed by atoms with Crippen LogP contribution in [0.2, 0.25) is 0 Å². The van der Waals surface area contributed by atoms with Crippen LogP contribution in [-0.2, 0) is 11.3 Å². The van der Waals surface area contributed by atoms with Crippen LogP contribution in [0.3, 0.4) is 0 Å². The second-order valence-electron chi connectivity index (χ2n) is 6.48. The molecule has 0 bridgehead atoms. The van der Waals surface area contributed by atoms with Crippen LogP contribution in [0, 0.1) is 6.92 Å². The first kappa shape index (κ1) is 15.6. The van der Waals surface area contributed by atoms with Crippen LogP contribution in [0.5, 0.6) is 0 Å². The fraction of sp³-hybridized carbons (Fsp3) is 0.250. The van der Waals surface area contributed by atoms with Gasteiger partial charge in [-0.3, -0.25) is 4.79 Å². The highest BCUT2D eigenvalue weighted by Crippen LogP contribution is 2.25. The number of anilines is 1. The summed E-state index contributed by atoms with van der Waals surface area (Å²) < 4.78 is 0. The normalized spacial score (nSPS) is 17.2. The molecule has 1 aromatic heterocycles. The fourth-order valence-corrected chi connectivity index (χ4v) is 3.36. The SMILES string of the molecule is Cc1nnc(NC2CC(=O)N(Cc3ccccc3)C2)c2ccccc12. The van der Waals surface area contributed by atoms with E-state index < -0.39 is 0 Å². The van der Waals surface area contributed by atoms with Crippen molar-refractivity contribution in [1.29, 1.82) is 0 Å². The predicted octanol–water partition coefficient (Wildman–Crippen LogP) is 3.15. The molecule has 1 N–H and O–H groups in total. The summed E-state index contributed by atoms with van der Waals surface area (Å²) >= 11 is 0. The van der Waals surface area contributed by atoms with Crippen LogP contribution in [0.1, 0.15) is 17.7 Å². The molecule has 2 heterocycles. The molecule has 1 aliphatic heterocycles. The number of aryl methyl sites for hydroxylation is 1. The quantitative estimate of drug-likeness (QED) is 0.797. The third kappa shape index (κ3) is 3.18. The van der Waals surface area contributed by atoms with Crippen molar-refractivity contribution in [2.75, 3.05) is 11.9 Å². The Balaban J connectivity index is 1.51. The highest BCUT2D eigenvalue weighted by molar-refractivity contribution is 5.93. The van der Waals surface area contributed by atoms with Crippen molar-refractivity contribution < 1.29 is 4.79 Å². The summed E-state index contributed by atoms with van der Waals surface area (Å²) in [4.78, 5) is 14.2. The maximum atomic E-state index is 12.3. The third-order valence-electron chi connectivity index (χ3n) is 4.64. The van der Waals surface area contributed by atoms with Crippen molar-refractivity contribution in [3.05, 3.63) is 65.9 Å². The highest BCUT2D eigenvalue weighted by atomic mass is 16.2. The zero-order valence-corrected chi connectivity index (χ0v) is 14.1. The van der Waals surface area contributed by atoms with Crippen LogP contribution in [0.15, 0.2) is 54.6 Å². The first-order valence-electron chi connectivity index (χ1n) is 8.51. The van der Waals surface area contributed by atoms with E-state index in [4.69, 9.17) is 0 Å². The average Bonchev–Trinajstić information content (AvgIpc) is 2.98. The van der Waals surface area contributed by atoms with Gasteiger partial charge in [-0.1, -0.05) is 54.6 Å². The maximum Gasteiger partial charge on any atom is 0.225 e. The van der Waals surface area contributed by atoms with E-state index in [0.717, 1.165) is 27.8 Å². The molecule has 1 amide bonds. The summed E-state index contributed by atoms with van der Waals surface area (Å²) in [6.45, 7) is 3.29. The minimum absolute atomic E-state index is 0.0524. The Hall–Kier alpha value is -2.95. The molecule has 1 unspecified atom stereocenters. The predicted molar refractivity (Wildman–Crippen MR) is 98.2 cm³/mol. The van der Waals surface area contributed by atoms with E-state index in [-0.39, 0.29) is 11.9 Å². The number of hydrogen-bond donors (Lipinski definition) is 1. The molecular formula is C20H20N4O. The molecule has 1 fully saturated rings. The Morgan fingerprint density at radius 2 is 1.76 bits per heavy atom. The second kappa shape index (κ2) is 6.51. The van der Waals surface area contributed by atoms with Gasteiger partial charge in [0.05, 0.1) is 11.7 Å². The molecule has 126 valence electrons. The Bertz CT molecular complexity index is 910. The van der Waals surface area contributed by atoms with Gasteiger partial charge in [-0.15, -0.1) is 5.10 Å². The van der Waals surface area contributed by atoms with E-state index in [2.05, 4.69) is 15.5 Å². The molecule has 4 rings (SSSR count). The van der Waals surface area contributed by atoms with Gasteiger partial charge in [0, 0.05) is 30.3 Å². The molecule has 0 spiro atoms. The number of likely N-dealkylation sites (tertiary alicyclic amines) is 1. The van der Waals surface area contributed by atoms with Gasteiger partial charge in [0.2, 0.25) is 5.91 Å². The molecule has 0 saturated carbocycles. The van der Waals surface area contributed by atoms with Crippen molar-refractivity contribution in [2.45, 2.75) is 25.9 Å². The molecule has 5 heteroatoms. The largest absolute Gasteiger partial charge is 0.363 e. The number of aromatic nitrogens is 2. The lowest BCUT2D eigenvalue weighted by Crippen LogP contribution is -2.27. The molecule has 1 atom stereocenters. The lowest BCUT2D eigenvalue weighted by atomic mass is 10.1. The molecule has 3 aromatic rings. The molecule has 1 saturated heterocycles. The monoisotopic (exact) mass is 332 g/mol. The summed E-state index contributed by atoms with van der Waals surface area (Å²) in [5, 5.41) is 14.1. The number of rotatable bonds is 4. The first-order valence-corrected chi connectivity index (χ1v) is 8.51. The van der Waals surface area contributed by atoms with Crippen LogP contribution >= 0.6 is 0 Å². The average molecular weight is 332 g/mol. The number of carbonyl (C=O) groups is 1. The summed E-state index contributed by atoms with van der Waals surface area (Å²) in [7, 11) is 0. The smallest absolute Gasteiger partial charge is 0.225 e. The number of amides is 1. The van der Waals surface area contributed by atoms with Gasteiger partial charge in [-0.05, 0) is 12.5 Å². The summed E-state index contributed by atoms with van der Waals surface area (Å²) in [5.74, 6) is 0.922. The first-order chi connectivity index (χ1) is 12.2. The van der Waals surface area contributed by atoms with E-state index in [1.807, 2.05) is 66.4 Å². The molecule has 25 heavy (non-hydrogen) atoms. The van der Waals surface area contributed by atoms with Crippen LogP contribution in [0.4, 0.5) is 5.82 Å². The summed E-state index contributed by atoms with van der Waals surface area (Å²) in [6, 6.07) is 18.2. The summed E-state index contributed by atoms with van der Waals surface area (Å²) in [6.07, 6.45) is 0.483. The number of carbonyl (C=O) groups excluding carboxylic acids is 1. The van der Waals surface area contributed by atoms with Crippen molar-refractivity contribution in [3.63, 3.8) is 0 Å². The third-order valence-corrected chi connectivity index (χ3v) is 4.64. The lowest BCUT2D eigenvalue weighted by molar-refractivity contribution is -0.128. The molecule has 1 aliphatic rings. The maximum absolute atomic E-state index is 12.3. The van der Waals surface area contributed by atoms with Crippen molar-refractivity contribution in [3.8, 4) is 0 Å². The van der Waals surface area contributed by atoms with Gasteiger partial charge >= 0.3 is 0 Å². The van der Waals surface area contributed by atoms with Gasteiger partial charge in [-0.25, -0.2) is 0 Å². The molecule has 5 nitrogen and oxygen atoms in total. The van der Waals surface area contributed by atoms with E-state index >= 15 is 0 Å². The van der Waals surface area contributed by atoms with Crippen LogP contribution in [0.25, 0.3) is 10.8 Å². The minimum Gasteiger partial charge on any atom is -0.363 e. The summed E-state index contributed by atoms with van der Waals surface area (Å²) in [5.41, 5.74) is 2.06. The van der Waals surface area contributed by atoms with Crippen molar-refractivity contribution in [2.24, 2.45) is 0 Å².